The Labute approximate surface area is 131 Å². The van der Waals surface area contributed by atoms with Crippen LogP contribution in [0.3, 0.4) is 0 Å². The number of benzene rings is 1. The van der Waals surface area contributed by atoms with Crippen molar-refractivity contribution in [2.24, 2.45) is 0 Å². The first-order valence-electron chi connectivity index (χ1n) is 6.89. The number of carboxylic acid groups (broad SMARTS) is 1. The van der Waals surface area contributed by atoms with Gasteiger partial charge in [0.2, 0.25) is 0 Å². The van der Waals surface area contributed by atoms with Gasteiger partial charge in [0, 0.05) is 6.42 Å². The summed E-state index contributed by atoms with van der Waals surface area (Å²) in [6, 6.07) is 3.41. The molecule has 0 aliphatic heterocycles. The molecule has 1 heterocycles. The number of nitrogens with one attached hydrogen (secondary N) is 1. The predicted octanol–water partition coefficient (Wildman–Crippen LogP) is 1.91. The second-order valence-electron chi connectivity index (χ2n) is 5.98. The lowest BCUT2D eigenvalue weighted by Gasteiger charge is -2.22. The Kier molecular flexibility index (Phi) is 4.44. The molecular weight excluding hydrogens is 306 g/mol. The molecule has 0 aliphatic carbocycles. The molecule has 1 amide bonds. The topological polar surface area (TPSA) is 119 Å². The number of alkyl carbamates (subject to hydrolysis) is 1. The van der Waals surface area contributed by atoms with Gasteiger partial charge in [-0.25, -0.2) is 14.4 Å². The van der Waals surface area contributed by atoms with Gasteiger partial charge >= 0.3 is 17.9 Å². The van der Waals surface area contributed by atoms with Gasteiger partial charge in [-0.2, -0.15) is 0 Å². The summed E-state index contributed by atoms with van der Waals surface area (Å²) in [4.78, 5) is 34.0. The number of ether oxygens (including phenoxy) is 1. The average Bonchev–Trinajstić information content (AvgIpc) is 2.74. The Hall–Kier alpha value is -2.77. The van der Waals surface area contributed by atoms with Crippen LogP contribution in [0, 0.1) is 0 Å². The summed E-state index contributed by atoms with van der Waals surface area (Å²) in [6.07, 6.45) is -0.819. The van der Waals surface area contributed by atoms with E-state index >= 15 is 0 Å². The number of hydrogen-bond donors (Lipinski definition) is 2. The molecule has 0 aliphatic rings. The Morgan fingerprint density at radius 2 is 1.91 bits per heavy atom. The molecule has 0 unspecified atom stereocenters. The molecule has 1 atom stereocenters. The lowest BCUT2D eigenvalue weighted by atomic mass is 10.1. The van der Waals surface area contributed by atoms with Crippen molar-refractivity contribution in [2.45, 2.75) is 38.8 Å². The molecule has 0 saturated carbocycles. The molecule has 0 fully saturated rings. The van der Waals surface area contributed by atoms with Crippen LogP contribution in [0.4, 0.5) is 4.79 Å². The third kappa shape index (κ3) is 4.60. The minimum atomic E-state index is -1.20. The first-order chi connectivity index (χ1) is 10.6. The molecule has 8 heteroatoms. The Morgan fingerprint density at radius 3 is 2.52 bits per heavy atom. The largest absolute Gasteiger partial charge is 0.519 e. The summed E-state index contributed by atoms with van der Waals surface area (Å²) in [5.74, 6) is -2.04. The number of fused-ring (bicyclic) bond motifs is 1. The highest BCUT2D eigenvalue weighted by atomic mass is 16.6. The summed E-state index contributed by atoms with van der Waals surface area (Å²) < 4.78 is 14.6. The van der Waals surface area contributed by atoms with Crippen LogP contribution in [0.2, 0.25) is 0 Å². The first-order valence-corrected chi connectivity index (χ1v) is 6.89. The molecule has 23 heavy (non-hydrogen) atoms. The van der Waals surface area contributed by atoms with E-state index in [-0.39, 0.29) is 17.6 Å². The third-order valence-electron chi connectivity index (χ3n) is 2.82. The lowest BCUT2D eigenvalue weighted by molar-refractivity contribution is -0.139. The van der Waals surface area contributed by atoms with Crippen LogP contribution in [0.25, 0.3) is 11.2 Å². The zero-order valence-electron chi connectivity index (χ0n) is 12.9. The van der Waals surface area contributed by atoms with Gasteiger partial charge in [-0.1, -0.05) is 6.07 Å². The maximum atomic E-state index is 11.7. The van der Waals surface area contributed by atoms with Crippen LogP contribution in [-0.2, 0) is 16.0 Å². The van der Waals surface area contributed by atoms with Crippen molar-refractivity contribution in [3.63, 3.8) is 0 Å². The van der Waals surface area contributed by atoms with Gasteiger partial charge in [0.15, 0.2) is 11.2 Å². The van der Waals surface area contributed by atoms with E-state index in [0.717, 1.165) is 0 Å². The van der Waals surface area contributed by atoms with Crippen LogP contribution < -0.4 is 11.1 Å². The summed E-state index contributed by atoms with van der Waals surface area (Å²) >= 11 is 0. The predicted molar refractivity (Wildman–Crippen MR) is 79.2 cm³/mol. The quantitative estimate of drug-likeness (QED) is 0.882. The molecule has 0 bridgehead atoms. The highest BCUT2D eigenvalue weighted by molar-refractivity contribution is 5.80. The standard InChI is InChI=1S/C15H17NO7/c1-15(2,3)23-13(19)16-9(12(17)18)6-8-4-5-10-11(7-8)22-14(20)21-10/h4-5,7,9H,6H2,1-3H3,(H,16,19)(H,17,18)/t9-/m1/s1. The zero-order chi connectivity index (χ0) is 17.2. The molecule has 2 N–H and O–H groups in total. The fourth-order valence-electron chi connectivity index (χ4n) is 1.93. The Bertz CT molecular complexity index is 781. The van der Waals surface area contributed by atoms with E-state index in [1.165, 1.54) is 12.1 Å². The number of carboxylic acids is 1. The van der Waals surface area contributed by atoms with Crippen molar-refractivity contribution in [3.05, 3.63) is 34.4 Å². The summed E-state index contributed by atoms with van der Waals surface area (Å²) in [6.45, 7) is 5.03. The van der Waals surface area contributed by atoms with Gasteiger partial charge in [0.05, 0.1) is 0 Å². The molecule has 0 radical (unpaired) electrons. The fourth-order valence-corrected chi connectivity index (χ4v) is 1.93. The summed E-state index contributed by atoms with van der Waals surface area (Å²) in [5, 5.41) is 11.5. The molecule has 0 spiro atoms. The molecule has 124 valence electrons. The lowest BCUT2D eigenvalue weighted by Crippen LogP contribution is -2.44. The normalized spacial score (nSPS) is 12.8. The van der Waals surface area contributed by atoms with E-state index in [1.54, 1.807) is 26.8 Å². The van der Waals surface area contributed by atoms with E-state index in [4.69, 9.17) is 13.6 Å². The van der Waals surface area contributed by atoms with Gasteiger partial charge in [0.1, 0.15) is 11.6 Å². The number of carbonyl (C=O) groups excluding carboxylic acids is 1. The summed E-state index contributed by atoms with van der Waals surface area (Å²) in [7, 11) is 0. The van der Waals surface area contributed by atoms with Gasteiger partial charge < -0.3 is 24.0 Å². The van der Waals surface area contributed by atoms with E-state index in [2.05, 4.69) is 5.32 Å². The van der Waals surface area contributed by atoms with E-state index in [1.807, 2.05) is 0 Å². The van der Waals surface area contributed by atoms with Crippen molar-refractivity contribution in [2.75, 3.05) is 0 Å². The van der Waals surface area contributed by atoms with Gasteiger partial charge in [0.25, 0.3) is 0 Å². The number of aliphatic carboxylic acids is 1. The van der Waals surface area contributed by atoms with Crippen LogP contribution in [0.5, 0.6) is 0 Å². The van der Waals surface area contributed by atoms with Crippen molar-refractivity contribution >= 4 is 23.2 Å². The van der Waals surface area contributed by atoms with Crippen LogP contribution >= 0.6 is 0 Å². The van der Waals surface area contributed by atoms with Crippen LogP contribution in [0.1, 0.15) is 26.3 Å². The van der Waals surface area contributed by atoms with Gasteiger partial charge in [-0.15, -0.1) is 0 Å². The first kappa shape index (κ1) is 16.6. The van der Waals surface area contributed by atoms with Crippen molar-refractivity contribution in [3.8, 4) is 0 Å². The number of rotatable bonds is 4. The monoisotopic (exact) mass is 323 g/mol. The van der Waals surface area contributed by atoms with Crippen molar-refractivity contribution < 1.29 is 28.3 Å². The highest BCUT2D eigenvalue weighted by Gasteiger charge is 2.24. The van der Waals surface area contributed by atoms with E-state index < -0.39 is 29.5 Å². The van der Waals surface area contributed by atoms with Crippen LogP contribution in [0.15, 0.2) is 31.8 Å². The second-order valence-corrected chi connectivity index (χ2v) is 5.98. The maximum absolute atomic E-state index is 11.7. The van der Waals surface area contributed by atoms with Crippen molar-refractivity contribution in [1.82, 2.24) is 5.32 Å². The minimum Gasteiger partial charge on any atom is -0.480 e. The summed E-state index contributed by atoms with van der Waals surface area (Å²) in [5.41, 5.74) is 0.317. The molecular formula is C15H17NO7. The van der Waals surface area contributed by atoms with Gasteiger partial charge in [-0.05, 0) is 38.5 Å². The number of hydrogen-bond acceptors (Lipinski definition) is 6. The second kappa shape index (κ2) is 6.15. The maximum Gasteiger partial charge on any atom is 0.519 e. The van der Waals surface area contributed by atoms with Crippen molar-refractivity contribution in [1.29, 1.82) is 0 Å². The molecule has 1 aromatic heterocycles. The molecule has 2 rings (SSSR count). The third-order valence-corrected chi connectivity index (χ3v) is 2.82. The van der Waals surface area contributed by atoms with Crippen LogP contribution in [-0.4, -0.2) is 28.8 Å². The number of amides is 1. The van der Waals surface area contributed by atoms with E-state index in [9.17, 15) is 19.5 Å². The SMILES string of the molecule is CC(C)(C)OC(=O)N[C@H](Cc1ccc2oc(=O)oc2c1)C(=O)O. The molecule has 1 aromatic carbocycles. The molecule has 0 saturated heterocycles. The highest BCUT2D eigenvalue weighted by Crippen LogP contribution is 2.16. The fraction of sp³-hybridized carbons (Fsp3) is 0.400. The van der Waals surface area contributed by atoms with Gasteiger partial charge in [-0.3, -0.25) is 0 Å². The Balaban J connectivity index is 2.13. The molecule has 8 nitrogen and oxygen atoms in total. The van der Waals surface area contributed by atoms with E-state index in [0.29, 0.717) is 5.56 Å². The minimum absolute atomic E-state index is 0.000589. The zero-order valence-corrected chi connectivity index (χ0v) is 12.9. The molecule has 2 aromatic rings. The number of carbonyl (C=O) groups is 2. The smallest absolute Gasteiger partial charge is 0.480 e. The average molecular weight is 323 g/mol. The Morgan fingerprint density at radius 1 is 1.26 bits per heavy atom.